The minimum Gasteiger partial charge on any atom is -0.490 e. The molecule has 0 amide bonds. The van der Waals surface area contributed by atoms with Crippen molar-refractivity contribution in [2.24, 2.45) is 0 Å². The topological polar surface area (TPSA) is 62.8 Å². The number of nitrogens with one attached hydrogen (secondary N) is 2. The van der Waals surface area contributed by atoms with Crippen LogP contribution in [0.5, 0.6) is 11.5 Å². The van der Waals surface area contributed by atoms with Gasteiger partial charge in [0.1, 0.15) is 0 Å². The molecule has 1 atom stereocenters. The Kier molecular flexibility index (Phi) is 8.82. The molecule has 1 aromatic carbocycles. The van der Waals surface area contributed by atoms with Gasteiger partial charge in [-0.3, -0.25) is 0 Å². The Hall–Kier alpha value is -1.30. The van der Waals surface area contributed by atoms with E-state index in [0.29, 0.717) is 19.8 Å². The lowest BCUT2D eigenvalue weighted by atomic mass is 10.2. The zero-order chi connectivity index (χ0) is 15.5. The van der Waals surface area contributed by atoms with Gasteiger partial charge < -0.3 is 25.2 Å². The van der Waals surface area contributed by atoms with Crippen LogP contribution in [0.15, 0.2) is 18.2 Å². The van der Waals surface area contributed by atoms with Crippen LogP contribution in [0.1, 0.15) is 26.3 Å². The van der Waals surface area contributed by atoms with Gasteiger partial charge >= 0.3 is 0 Å². The first-order chi connectivity index (χ1) is 10.2. The van der Waals surface area contributed by atoms with Gasteiger partial charge in [-0.25, -0.2) is 0 Å². The standard InChI is InChI=1S/C16H28N2O3/c1-4-20-15-7-6-14(10-16(15)21-5-2)12-18-9-8-17-11-13(3)19/h6-7,10,13,17-19H,4-5,8-9,11-12H2,1-3H3. The number of hydrogen-bond acceptors (Lipinski definition) is 5. The van der Waals surface area contributed by atoms with Crippen LogP contribution in [0.4, 0.5) is 0 Å². The fourth-order valence-corrected chi connectivity index (χ4v) is 1.93. The molecule has 120 valence electrons. The van der Waals surface area contributed by atoms with E-state index in [4.69, 9.17) is 14.6 Å². The van der Waals surface area contributed by atoms with E-state index in [2.05, 4.69) is 10.6 Å². The third kappa shape index (κ3) is 7.32. The highest BCUT2D eigenvalue weighted by Gasteiger charge is 2.05. The summed E-state index contributed by atoms with van der Waals surface area (Å²) in [6.45, 7) is 10.1. The summed E-state index contributed by atoms with van der Waals surface area (Å²) in [7, 11) is 0. The Balaban J connectivity index is 2.39. The average molecular weight is 296 g/mol. The SMILES string of the molecule is CCOc1ccc(CNCCNCC(C)O)cc1OCC. The number of rotatable bonds is 11. The van der Waals surface area contributed by atoms with Crippen molar-refractivity contribution in [1.82, 2.24) is 10.6 Å². The molecule has 0 aliphatic heterocycles. The van der Waals surface area contributed by atoms with E-state index in [9.17, 15) is 0 Å². The zero-order valence-corrected chi connectivity index (χ0v) is 13.3. The third-order valence-electron chi connectivity index (χ3n) is 2.86. The highest BCUT2D eigenvalue weighted by molar-refractivity contribution is 5.43. The zero-order valence-electron chi connectivity index (χ0n) is 13.3. The second-order valence-corrected chi connectivity index (χ2v) is 4.88. The molecule has 0 bridgehead atoms. The van der Waals surface area contributed by atoms with Gasteiger partial charge in [0.25, 0.3) is 0 Å². The fraction of sp³-hybridized carbons (Fsp3) is 0.625. The molecule has 21 heavy (non-hydrogen) atoms. The molecule has 0 saturated carbocycles. The van der Waals surface area contributed by atoms with Crippen LogP contribution in [-0.4, -0.2) is 44.1 Å². The Morgan fingerprint density at radius 2 is 1.71 bits per heavy atom. The van der Waals surface area contributed by atoms with Crippen LogP contribution >= 0.6 is 0 Å². The lowest BCUT2D eigenvalue weighted by molar-refractivity contribution is 0.191. The third-order valence-corrected chi connectivity index (χ3v) is 2.86. The van der Waals surface area contributed by atoms with Gasteiger partial charge in [-0.2, -0.15) is 0 Å². The molecule has 0 saturated heterocycles. The summed E-state index contributed by atoms with van der Waals surface area (Å²) in [5, 5.41) is 15.7. The van der Waals surface area contributed by atoms with Crippen molar-refractivity contribution in [3.63, 3.8) is 0 Å². The van der Waals surface area contributed by atoms with Crippen molar-refractivity contribution in [3.05, 3.63) is 23.8 Å². The van der Waals surface area contributed by atoms with Crippen LogP contribution < -0.4 is 20.1 Å². The molecule has 0 aliphatic rings. The van der Waals surface area contributed by atoms with Crippen LogP contribution in [-0.2, 0) is 6.54 Å². The first kappa shape index (κ1) is 17.8. The summed E-state index contributed by atoms with van der Waals surface area (Å²) >= 11 is 0. The highest BCUT2D eigenvalue weighted by atomic mass is 16.5. The highest BCUT2D eigenvalue weighted by Crippen LogP contribution is 2.28. The first-order valence-corrected chi connectivity index (χ1v) is 7.65. The largest absolute Gasteiger partial charge is 0.490 e. The predicted octanol–water partition coefficient (Wildman–Crippen LogP) is 1.54. The number of aliphatic hydroxyl groups is 1. The maximum Gasteiger partial charge on any atom is 0.161 e. The summed E-state index contributed by atoms with van der Waals surface area (Å²) in [5.41, 5.74) is 1.16. The molecule has 5 nitrogen and oxygen atoms in total. The monoisotopic (exact) mass is 296 g/mol. The van der Waals surface area contributed by atoms with Crippen LogP contribution in [0.3, 0.4) is 0 Å². The maximum atomic E-state index is 9.13. The van der Waals surface area contributed by atoms with Crippen molar-refractivity contribution in [2.75, 3.05) is 32.8 Å². The van der Waals surface area contributed by atoms with Crippen LogP contribution in [0.25, 0.3) is 0 Å². The molecule has 1 unspecified atom stereocenters. The number of hydrogen-bond donors (Lipinski definition) is 3. The van der Waals surface area contributed by atoms with Gasteiger partial charge in [-0.1, -0.05) is 6.07 Å². The van der Waals surface area contributed by atoms with Crippen LogP contribution in [0, 0.1) is 0 Å². The second kappa shape index (κ2) is 10.4. The molecule has 0 spiro atoms. The van der Waals surface area contributed by atoms with Gasteiger partial charge in [0.05, 0.1) is 19.3 Å². The number of aliphatic hydroxyl groups excluding tert-OH is 1. The molecule has 0 heterocycles. The normalized spacial score (nSPS) is 12.2. The van der Waals surface area contributed by atoms with Crippen LogP contribution in [0.2, 0.25) is 0 Å². The van der Waals surface area contributed by atoms with Crippen molar-refractivity contribution in [2.45, 2.75) is 33.4 Å². The molecule has 0 aromatic heterocycles. The van der Waals surface area contributed by atoms with Gasteiger partial charge in [0.2, 0.25) is 0 Å². The number of benzene rings is 1. The summed E-state index contributed by atoms with van der Waals surface area (Å²) in [5.74, 6) is 1.59. The Morgan fingerprint density at radius 3 is 2.38 bits per heavy atom. The molecule has 1 rings (SSSR count). The summed E-state index contributed by atoms with van der Waals surface area (Å²) < 4.78 is 11.2. The first-order valence-electron chi connectivity index (χ1n) is 7.65. The minimum absolute atomic E-state index is 0.301. The quantitative estimate of drug-likeness (QED) is 0.541. The smallest absolute Gasteiger partial charge is 0.161 e. The molecule has 1 aromatic rings. The predicted molar refractivity (Wildman–Crippen MR) is 85.0 cm³/mol. The average Bonchev–Trinajstić information content (AvgIpc) is 2.45. The van der Waals surface area contributed by atoms with Gasteiger partial charge in [-0.05, 0) is 38.5 Å². The van der Waals surface area contributed by atoms with Crippen molar-refractivity contribution in [1.29, 1.82) is 0 Å². The summed E-state index contributed by atoms with van der Waals surface area (Å²) in [6.07, 6.45) is -0.301. The number of ether oxygens (including phenoxy) is 2. The Morgan fingerprint density at radius 1 is 1.05 bits per heavy atom. The molecule has 0 aliphatic carbocycles. The molecular weight excluding hydrogens is 268 g/mol. The molecule has 0 fully saturated rings. The van der Waals surface area contributed by atoms with Gasteiger partial charge in [0.15, 0.2) is 11.5 Å². The summed E-state index contributed by atoms with van der Waals surface area (Å²) in [6, 6.07) is 6.02. The van der Waals surface area contributed by atoms with E-state index in [1.807, 2.05) is 32.0 Å². The van der Waals surface area contributed by atoms with E-state index < -0.39 is 0 Å². The molecule has 5 heteroatoms. The Labute approximate surface area is 127 Å². The molecular formula is C16H28N2O3. The van der Waals surface area contributed by atoms with Gasteiger partial charge in [0, 0.05) is 26.2 Å². The van der Waals surface area contributed by atoms with E-state index in [1.165, 1.54) is 0 Å². The van der Waals surface area contributed by atoms with Crippen molar-refractivity contribution >= 4 is 0 Å². The maximum absolute atomic E-state index is 9.13. The van der Waals surface area contributed by atoms with Crippen molar-refractivity contribution < 1.29 is 14.6 Å². The van der Waals surface area contributed by atoms with E-state index in [1.54, 1.807) is 6.92 Å². The van der Waals surface area contributed by atoms with E-state index in [0.717, 1.165) is 36.7 Å². The van der Waals surface area contributed by atoms with E-state index in [-0.39, 0.29) is 6.10 Å². The summed E-state index contributed by atoms with van der Waals surface area (Å²) in [4.78, 5) is 0. The van der Waals surface area contributed by atoms with E-state index >= 15 is 0 Å². The van der Waals surface area contributed by atoms with Gasteiger partial charge in [-0.15, -0.1) is 0 Å². The molecule has 0 radical (unpaired) electrons. The fourth-order valence-electron chi connectivity index (χ4n) is 1.93. The second-order valence-electron chi connectivity index (χ2n) is 4.88. The van der Waals surface area contributed by atoms with Crippen molar-refractivity contribution in [3.8, 4) is 11.5 Å². The lowest BCUT2D eigenvalue weighted by Crippen LogP contribution is -2.31. The minimum atomic E-state index is -0.301. The molecule has 3 N–H and O–H groups in total. The lowest BCUT2D eigenvalue weighted by Gasteiger charge is -2.13. The Bertz CT molecular complexity index is 397.